The highest BCUT2D eigenvalue weighted by molar-refractivity contribution is 5.95. The van der Waals surface area contributed by atoms with Crippen molar-refractivity contribution in [2.24, 2.45) is 0 Å². The van der Waals surface area contributed by atoms with Gasteiger partial charge in [-0.05, 0) is 43.5 Å². The second kappa shape index (κ2) is 7.07. The lowest BCUT2D eigenvalue weighted by molar-refractivity contribution is -0.139. The van der Waals surface area contributed by atoms with Gasteiger partial charge in [0.1, 0.15) is 5.75 Å². The van der Waals surface area contributed by atoms with E-state index in [0.717, 1.165) is 19.3 Å². The molecule has 1 fully saturated rings. The first-order valence-corrected chi connectivity index (χ1v) is 8.52. The van der Waals surface area contributed by atoms with E-state index in [4.69, 9.17) is 9.84 Å². The number of rotatable bonds is 4. The monoisotopic (exact) mass is 329 g/mol. The smallest absolute Gasteiger partial charge is 0.341 e. The standard InChI is InChI=1S/C19H23NO4/c21-17(22)14-24-16-8-6-15(7-9-16)18(23)20-13-5-4-12-19(20)10-2-1-3-11-19/h4-9H,1-3,10-14H2,(H,21,22). The Bertz CT molecular complexity index is 629. The maximum absolute atomic E-state index is 13.0. The van der Waals surface area contributed by atoms with Crippen LogP contribution in [0, 0.1) is 0 Å². The molecule has 1 amide bonds. The Morgan fingerprint density at radius 2 is 1.79 bits per heavy atom. The summed E-state index contributed by atoms with van der Waals surface area (Å²) in [5.74, 6) is -0.514. The highest BCUT2D eigenvalue weighted by Crippen LogP contribution is 2.39. The molecule has 0 unspecified atom stereocenters. The van der Waals surface area contributed by atoms with Crippen LogP contribution in [0.3, 0.4) is 0 Å². The van der Waals surface area contributed by atoms with E-state index < -0.39 is 5.97 Å². The summed E-state index contributed by atoms with van der Waals surface area (Å²) in [6.45, 7) is 0.281. The van der Waals surface area contributed by atoms with E-state index in [0.29, 0.717) is 17.9 Å². The zero-order chi connectivity index (χ0) is 17.0. The number of carboxylic acid groups (broad SMARTS) is 1. The maximum atomic E-state index is 13.0. The lowest BCUT2D eigenvalue weighted by Gasteiger charge is -2.47. The van der Waals surface area contributed by atoms with Crippen LogP contribution in [0.15, 0.2) is 36.4 Å². The van der Waals surface area contributed by atoms with Crippen LogP contribution in [0.2, 0.25) is 0 Å². The average Bonchev–Trinajstić information content (AvgIpc) is 2.61. The van der Waals surface area contributed by atoms with Gasteiger partial charge in [-0.3, -0.25) is 4.79 Å². The lowest BCUT2D eigenvalue weighted by atomic mass is 9.76. The van der Waals surface area contributed by atoms with Crippen molar-refractivity contribution in [3.63, 3.8) is 0 Å². The van der Waals surface area contributed by atoms with Gasteiger partial charge >= 0.3 is 5.97 Å². The van der Waals surface area contributed by atoms with Gasteiger partial charge in [-0.25, -0.2) is 4.79 Å². The van der Waals surface area contributed by atoms with Gasteiger partial charge in [-0.1, -0.05) is 31.4 Å². The highest BCUT2D eigenvalue weighted by Gasteiger charge is 2.40. The van der Waals surface area contributed by atoms with Crippen LogP contribution in [0.25, 0.3) is 0 Å². The zero-order valence-corrected chi connectivity index (χ0v) is 13.7. The summed E-state index contributed by atoms with van der Waals surface area (Å²) in [4.78, 5) is 25.6. The summed E-state index contributed by atoms with van der Waals surface area (Å²) >= 11 is 0. The van der Waals surface area contributed by atoms with Crippen LogP contribution in [0.4, 0.5) is 0 Å². The minimum atomic E-state index is -1.02. The van der Waals surface area contributed by atoms with E-state index >= 15 is 0 Å². The summed E-state index contributed by atoms with van der Waals surface area (Å²) in [6.07, 6.45) is 11.0. The Morgan fingerprint density at radius 3 is 2.46 bits per heavy atom. The third-order valence-corrected chi connectivity index (χ3v) is 5.02. The van der Waals surface area contributed by atoms with Crippen molar-refractivity contribution >= 4 is 11.9 Å². The number of carbonyl (C=O) groups is 2. The average molecular weight is 329 g/mol. The molecule has 1 aliphatic carbocycles. The van der Waals surface area contributed by atoms with Gasteiger partial charge in [-0.15, -0.1) is 0 Å². The molecule has 24 heavy (non-hydrogen) atoms. The molecule has 3 rings (SSSR count). The Balaban J connectivity index is 1.74. The molecule has 1 aliphatic heterocycles. The molecule has 0 radical (unpaired) electrons. The lowest BCUT2D eigenvalue weighted by Crippen LogP contribution is -2.54. The molecule has 1 N–H and O–H groups in total. The number of ether oxygens (including phenoxy) is 1. The summed E-state index contributed by atoms with van der Waals surface area (Å²) in [5, 5.41) is 8.64. The molecular weight excluding hydrogens is 306 g/mol. The van der Waals surface area contributed by atoms with E-state index in [2.05, 4.69) is 12.2 Å². The van der Waals surface area contributed by atoms with Crippen LogP contribution in [0.1, 0.15) is 48.9 Å². The first kappa shape index (κ1) is 16.6. The maximum Gasteiger partial charge on any atom is 0.341 e. The van der Waals surface area contributed by atoms with Gasteiger partial charge in [0.15, 0.2) is 6.61 Å². The molecule has 1 saturated carbocycles. The van der Waals surface area contributed by atoms with Crippen LogP contribution < -0.4 is 4.74 Å². The van der Waals surface area contributed by atoms with Gasteiger partial charge in [0.2, 0.25) is 0 Å². The minimum Gasteiger partial charge on any atom is -0.482 e. The molecule has 0 bridgehead atoms. The van der Waals surface area contributed by atoms with E-state index in [-0.39, 0.29) is 18.1 Å². The minimum absolute atomic E-state index is 0.0252. The molecule has 1 aromatic rings. The van der Waals surface area contributed by atoms with Crippen molar-refractivity contribution in [3.05, 3.63) is 42.0 Å². The molecular formula is C19H23NO4. The van der Waals surface area contributed by atoms with Crippen molar-refractivity contribution in [3.8, 4) is 5.75 Å². The molecule has 0 atom stereocenters. The van der Waals surface area contributed by atoms with Crippen molar-refractivity contribution in [1.82, 2.24) is 4.90 Å². The van der Waals surface area contributed by atoms with E-state index in [1.807, 2.05) is 4.90 Å². The molecule has 5 nitrogen and oxygen atoms in total. The topological polar surface area (TPSA) is 66.8 Å². The number of carbonyl (C=O) groups excluding carboxylic acids is 1. The summed E-state index contributed by atoms with van der Waals surface area (Å²) < 4.78 is 5.12. The summed E-state index contributed by atoms with van der Waals surface area (Å²) in [7, 11) is 0. The van der Waals surface area contributed by atoms with E-state index in [1.54, 1.807) is 24.3 Å². The molecule has 1 spiro atoms. The third kappa shape index (κ3) is 3.45. The number of benzene rings is 1. The van der Waals surface area contributed by atoms with Crippen LogP contribution in [-0.4, -0.2) is 40.6 Å². The van der Waals surface area contributed by atoms with Crippen molar-refractivity contribution in [2.75, 3.05) is 13.2 Å². The van der Waals surface area contributed by atoms with Crippen molar-refractivity contribution < 1.29 is 19.4 Å². The normalized spacial score (nSPS) is 19.2. The number of nitrogens with zero attached hydrogens (tertiary/aromatic N) is 1. The van der Waals surface area contributed by atoms with E-state index in [1.165, 1.54) is 19.3 Å². The van der Waals surface area contributed by atoms with Crippen LogP contribution in [-0.2, 0) is 4.79 Å². The predicted molar refractivity (Wildman–Crippen MR) is 90.2 cm³/mol. The summed E-state index contributed by atoms with van der Waals surface area (Å²) in [6, 6.07) is 6.75. The summed E-state index contributed by atoms with van der Waals surface area (Å²) in [5.41, 5.74) is 0.598. The molecule has 0 saturated heterocycles. The Labute approximate surface area is 141 Å². The predicted octanol–water partition coefficient (Wildman–Crippen LogP) is 3.26. The second-order valence-corrected chi connectivity index (χ2v) is 6.58. The molecule has 1 aromatic carbocycles. The Morgan fingerprint density at radius 1 is 1.08 bits per heavy atom. The number of amides is 1. The molecule has 5 heteroatoms. The number of carboxylic acids is 1. The fourth-order valence-corrected chi connectivity index (χ4v) is 3.76. The first-order valence-electron chi connectivity index (χ1n) is 8.52. The molecule has 0 aromatic heterocycles. The molecule has 128 valence electrons. The number of aliphatic carboxylic acids is 1. The van der Waals surface area contributed by atoms with Gasteiger partial charge in [0.25, 0.3) is 5.91 Å². The zero-order valence-electron chi connectivity index (χ0n) is 13.7. The Hall–Kier alpha value is -2.30. The second-order valence-electron chi connectivity index (χ2n) is 6.58. The quantitative estimate of drug-likeness (QED) is 0.861. The van der Waals surface area contributed by atoms with Gasteiger partial charge in [0.05, 0.1) is 0 Å². The highest BCUT2D eigenvalue weighted by atomic mass is 16.5. The number of hydrogen-bond acceptors (Lipinski definition) is 3. The van der Waals surface area contributed by atoms with Crippen molar-refractivity contribution in [2.45, 2.75) is 44.1 Å². The molecule has 2 aliphatic rings. The van der Waals surface area contributed by atoms with Gasteiger partial charge in [-0.2, -0.15) is 0 Å². The van der Waals surface area contributed by atoms with Crippen LogP contribution in [0.5, 0.6) is 5.75 Å². The number of hydrogen-bond donors (Lipinski definition) is 1. The van der Waals surface area contributed by atoms with Gasteiger partial charge in [0, 0.05) is 17.6 Å². The Kier molecular flexibility index (Phi) is 4.88. The third-order valence-electron chi connectivity index (χ3n) is 5.02. The van der Waals surface area contributed by atoms with Gasteiger partial charge < -0.3 is 14.7 Å². The van der Waals surface area contributed by atoms with Crippen LogP contribution >= 0.6 is 0 Å². The van der Waals surface area contributed by atoms with Crippen molar-refractivity contribution in [1.29, 1.82) is 0 Å². The first-order chi connectivity index (χ1) is 11.6. The molecule has 1 heterocycles. The largest absolute Gasteiger partial charge is 0.482 e. The van der Waals surface area contributed by atoms with E-state index in [9.17, 15) is 9.59 Å². The SMILES string of the molecule is O=C(O)COc1ccc(C(=O)N2CC=CCC23CCCCC3)cc1. The fourth-order valence-electron chi connectivity index (χ4n) is 3.76. The fraction of sp³-hybridized carbons (Fsp3) is 0.474.